The third-order valence-corrected chi connectivity index (χ3v) is 3.86. The Morgan fingerprint density at radius 1 is 1.35 bits per heavy atom. The summed E-state index contributed by atoms with van der Waals surface area (Å²) in [5.74, 6) is 0.866. The number of aryl methyl sites for hydroxylation is 2. The van der Waals surface area contributed by atoms with E-state index >= 15 is 0 Å². The Bertz CT molecular complexity index is 554. The van der Waals surface area contributed by atoms with Gasteiger partial charge in [-0.3, -0.25) is 4.79 Å². The van der Waals surface area contributed by atoms with Crippen LogP contribution in [0.25, 0.3) is 0 Å². The van der Waals surface area contributed by atoms with Crippen molar-refractivity contribution in [1.29, 1.82) is 0 Å². The third kappa shape index (κ3) is 4.87. The van der Waals surface area contributed by atoms with E-state index in [1.54, 1.807) is 4.90 Å². The van der Waals surface area contributed by atoms with Crippen LogP contribution in [0.4, 0.5) is 4.79 Å². The van der Waals surface area contributed by atoms with Crippen LogP contribution in [-0.4, -0.2) is 49.1 Å². The molecule has 3 amide bonds. The third-order valence-electron chi connectivity index (χ3n) is 3.86. The zero-order valence-electron chi connectivity index (χ0n) is 14.0. The highest BCUT2D eigenvalue weighted by molar-refractivity contribution is 5.79. The number of nitrogens with zero attached hydrogens (tertiary/aromatic N) is 1. The van der Waals surface area contributed by atoms with Crippen LogP contribution in [-0.2, 0) is 4.79 Å². The van der Waals surface area contributed by atoms with Crippen molar-refractivity contribution in [1.82, 2.24) is 15.5 Å². The van der Waals surface area contributed by atoms with Crippen LogP contribution in [0.15, 0.2) is 18.2 Å². The molecule has 6 nitrogen and oxygen atoms in total. The number of rotatable bonds is 4. The highest BCUT2D eigenvalue weighted by Crippen LogP contribution is 2.22. The Balaban J connectivity index is 1.83. The largest absolute Gasteiger partial charge is 0.491 e. The number of urea groups is 1. The lowest BCUT2D eigenvalue weighted by Gasteiger charge is -2.23. The maximum absolute atomic E-state index is 12.2. The predicted octanol–water partition coefficient (Wildman–Crippen LogP) is 1.60. The minimum Gasteiger partial charge on any atom is -0.491 e. The number of para-hydroxylation sites is 1. The van der Waals surface area contributed by atoms with Crippen LogP contribution in [0.3, 0.4) is 0 Å². The number of ether oxygens (including phenoxy) is 1. The lowest BCUT2D eigenvalue weighted by Crippen LogP contribution is -2.46. The second-order valence-electron chi connectivity index (χ2n) is 5.97. The van der Waals surface area contributed by atoms with Crippen molar-refractivity contribution in [3.05, 3.63) is 29.3 Å². The zero-order valence-corrected chi connectivity index (χ0v) is 14.0. The molecule has 0 spiro atoms. The van der Waals surface area contributed by atoms with Crippen molar-refractivity contribution in [2.45, 2.75) is 33.2 Å². The van der Waals surface area contributed by atoms with E-state index in [0.29, 0.717) is 32.7 Å². The van der Waals surface area contributed by atoms with E-state index in [2.05, 4.69) is 10.6 Å². The van der Waals surface area contributed by atoms with E-state index in [0.717, 1.165) is 16.9 Å². The summed E-state index contributed by atoms with van der Waals surface area (Å²) in [6.07, 6.45) is 0.348. The number of hydrogen-bond acceptors (Lipinski definition) is 3. The van der Waals surface area contributed by atoms with Gasteiger partial charge in [-0.15, -0.1) is 0 Å². The topological polar surface area (TPSA) is 70.7 Å². The van der Waals surface area contributed by atoms with Crippen LogP contribution in [0.2, 0.25) is 0 Å². The van der Waals surface area contributed by atoms with E-state index in [-0.39, 0.29) is 18.0 Å². The van der Waals surface area contributed by atoms with Gasteiger partial charge in [0, 0.05) is 26.1 Å². The Kier molecular flexibility index (Phi) is 5.84. The van der Waals surface area contributed by atoms with Crippen LogP contribution in [0.5, 0.6) is 5.75 Å². The highest BCUT2D eigenvalue weighted by Gasteiger charge is 2.19. The average molecular weight is 319 g/mol. The van der Waals surface area contributed by atoms with Gasteiger partial charge in [0.25, 0.3) is 0 Å². The van der Waals surface area contributed by atoms with Gasteiger partial charge in [-0.2, -0.15) is 0 Å². The molecule has 1 aliphatic rings. The van der Waals surface area contributed by atoms with E-state index in [4.69, 9.17) is 4.74 Å². The van der Waals surface area contributed by atoms with E-state index in [1.807, 2.05) is 39.0 Å². The normalized spacial score (nSPS) is 16.3. The molecule has 1 aliphatic heterocycles. The van der Waals surface area contributed by atoms with Crippen molar-refractivity contribution in [3.8, 4) is 5.75 Å². The molecule has 1 saturated heterocycles. The first-order chi connectivity index (χ1) is 11.0. The number of hydrogen-bond donors (Lipinski definition) is 2. The molecular formula is C17H25N3O3. The Labute approximate surface area is 137 Å². The molecule has 1 unspecified atom stereocenters. The fraction of sp³-hybridized carbons (Fsp3) is 0.529. The molecule has 1 heterocycles. The van der Waals surface area contributed by atoms with Crippen LogP contribution in [0.1, 0.15) is 24.5 Å². The number of nitrogens with one attached hydrogen (secondary N) is 2. The molecule has 0 saturated carbocycles. The number of amides is 3. The summed E-state index contributed by atoms with van der Waals surface area (Å²) in [5.41, 5.74) is 2.17. The quantitative estimate of drug-likeness (QED) is 0.885. The smallest absolute Gasteiger partial charge is 0.317 e. The summed E-state index contributed by atoms with van der Waals surface area (Å²) in [7, 11) is 0. The van der Waals surface area contributed by atoms with Crippen molar-refractivity contribution in [3.63, 3.8) is 0 Å². The van der Waals surface area contributed by atoms with Crippen LogP contribution in [0, 0.1) is 13.8 Å². The molecule has 0 aromatic heterocycles. The fourth-order valence-corrected chi connectivity index (χ4v) is 2.55. The van der Waals surface area contributed by atoms with Gasteiger partial charge in [0.15, 0.2) is 0 Å². The molecule has 23 heavy (non-hydrogen) atoms. The Morgan fingerprint density at radius 3 is 2.74 bits per heavy atom. The second kappa shape index (κ2) is 7.85. The molecule has 0 aliphatic carbocycles. The van der Waals surface area contributed by atoms with Crippen molar-refractivity contribution >= 4 is 11.9 Å². The minimum atomic E-state index is -0.154. The average Bonchev–Trinajstić information content (AvgIpc) is 2.71. The van der Waals surface area contributed by atoms with Crippen molar-refractivity contribution < 1.29 is 14.3 Å². The first-order valence-electron chi connectivity index (χ1n) is 7.98. The van der Waals surface area contributed by atoms with E-state index < -0.39 is 0 Å². The summed E-state index contributed by atoms with van der Waals surface area (Å²) in [6.45, 7) is 7.80. The van der Waals surface area contributed by atoms with E-state index in [9.17, 15) is 9.59 Å². The zero-order chi connectivity index (χ0) is 16.8. The van der Waals surface area contributed by atoms with Gasteiger partial charge in [0.05, 0.1) is 6.04 Å². The monoisotopic (exact) mass is 319 g/mol. The van der Waals surface area contributed by atoms with Gasteiger partial charge in [0.1, 0.15) is 12.4 Å². The highest BCUT2D eigenvalue weighted by atomic mass is 16.5. The second-order valence-corrected chi connectivity index (χ2v) is 5.97. The van der Waals surface area contributed by atoms with Gasteiger partial charge >= 0.3 is 6.03 Å². The molecule has 0 bridgehead atoms. The standard InChI is InChI=1S/C17H25N3O3/c1-12-5-4-6-13(2)16(12)23-11-14(3)19-17(22)20-9-7-15(21)18-8-10-20/h4-6,14H,7-11H2,1-3H3,(H,18,21)(H,19,22). The molecule has 1 atom stereocenters. The maximum atomic E-state index is 12.2. The van der Waals surface area contributed by atoms with Crippen LogP contribution >= 0.6 is 0 Å². The lowest BCUT2D eigenvalue weighted by molar-refractivity contribution is -0.120. The summed E-state index contributed by atoms with van der Waals surface area (Å²) < 4.78 is 5.86. The molecule has 1 aromatic rings. The predicted molar refractivity (Wildman–Crippen MR) is 88.6 cm³/mol. The van der Waals surface area contributed by atoms with Crippen molar-refractivity contribution in [2.75, 3.05) is 26.2 Å². The number of benzene rings is 1. The van der Waals surface area contributed by atoms with Gasteiger partial charge in [-0.05, 0) is 31.9 Å². The Morgan fingerprint density at radius 2 is 2.04 bits per heavy atom. The molecular weight excluding hydrogens is 294 g/mol. The summed E-state index contributed by atoms with van der Waals surface area (Å²) >= 11 is 0. The summed E-state index contributed by atoms with van der Waals surface area (Å²) in [4.78, 5) is 25.2. The van der Waals surface area contributed by atoms with E-state index in [1.165, 1.54) is 0 Å². The van der Waals surface area contributed by atoms with Gasteiger partial charge in [-0.25, -0.2) is 4.79 Å². The molecule has 0 radical (unpaired) electrons. The van der Waals surface area contributed by atoms with Crippen molar-refractivity contribution in [2.24, 2.45) is 0 Å². The summed E-state index contributed by atoms with van der Waals surface area (Å²) in [6, 6.07) is 5.74. The fourth-order valence-electron chi connectivity index (χ4n) is 2.55. The molecule has 1 fully saturated rings. The number of carbonyl (C=O) groups is 2. The van der Waals surface area contributed by atoms with Gasteiger partial charge in [-0.1, -0.05) is 18.2 Å². The minimum absolute atomic E-state index is 0.00768. The molecule has 2 N–H and O–H groups in total. The summed E-state index contributed by atoms with van der Waals surface area (Å²) in [5, 5.41) is 5.68. The SMILES string of the molecule is Cc1cccc(C)c1OCC(C)NC(=O)N1CCNC(=O)CC1. The molecule has 6 heteroatoms. The van der Waals surface area contributed by atoms with Crippen LogP contribution < -0.4 is 15.4 Å². The first kappa shape index (κ1) is 17.1. The molecule has 126 valence electrons. The Hall–Kier alpha value is -2.24. The molecule has 2 rings (SSSR count). The first-order valence-corrected chi connectivity index (χ1v) is 7.98. The molecule has 1 aromatic carbocycles. The maximum Gasteiger partial charge on any atom is 0.317 e. The lowest BCUT2D eigenvalue weighted by atomic mass is 10.1. The van der Waals surface area contributed by atoms with Gasteiger partial charge in [0.2, 0.25) is 5.91 Å². The van der Waals surface area contributed by atoms with Gasteiger partial charge < -0.3 is 20.3 Å². The number of carbonyl (C=O) groups excluding carboxylic acids is 2.